The molecule has 126 valence electrons. The minimum Gasteiger partial charge on any atom is -0.392 e. The van der Waals surface area contributed by atoms with Crippen LogP contribution in [0.4, 0.5) is 4.39 Å². The van der Waals surface area contributed by atoms with Gasteiger partial charge in [-0.25, -0.2) is 12.8 Å². The van der Waals surface area contributed by atoms with Gasteiger partial charge in [0.05, 0.1) is 6.10 Å². The van der Waals surface area contributed by atoms with Crippen LogP contribution in [0.2, 0.25) is 0 Å². The first-order valence-corrected chi connectivity index (χ1v) is 8.47. The Balaban J connectivity index is 2.09. The van der Waals surface area contributed by atoms with Gasteiger partial charge in [-0.05, 0) is 19.1 Å². The average Bonchev–Trinajstić information content (AvgIpc) is 3.13. The van der Waals surface area contributed by atoms with Crippen molar-refractivity contribution in [3.05, 3.63) is 41.3 Å². The molecule has 2 heterocycles. The normalized spacial score (nSPS) is 21.8. The minimum atomic E-state index is -4.24. The molecule has 8 nitrogen and oxygen atoms in total. The molecular weight excluding hydrogens is 339 g/mol. The number of nitrogens with zero attached hydrogens (tertiary/aromatic N) is 4. The third-order valence-corrected chi connectivity index (χ3v) is 5.65. The fourth-order valence-corrected chi connectivity index (χ4v) is 4.46. The highest BCUT2D eigenvalue weighted by Gasteiger charge is 2.44. The van der Waals surface area contributed by atoms with Gasteiger partial charge in [-0.1, -0.05) is 11.2 Å². The highest BCUT2D eigenvalue weighted by atomic mass is 32.2. The summed E-state index contributed by atoms with van der Waals surface area (Å²) in [6.07, 6.45) is -0.867. The van der Waals surface area contributed by atoms with E-state index in [1.165, 1.54) is 6.07 Å². The lowest BCUT2D eigenvalue weighted by molar-refractivity contribution is 0.188. The van der Waals surface area contributed by atoms with E-state index in [0.29, 0.717) is 5.82 Å². The molecule has 1 aromatic heterocycles. The Bertz CT molecular complexity index is 921. The molecule has 2 atom stereocenters. The molecule has 0 unspecified atom stereocenters. The second-order valence-electron chi connectivity index (χ2n) is 5.38. The Morgan fingerprint density at radius 2 is 2.25 bits per heavy atom. The van der Waals surface area contributed by atoms with Crippen molar-refractivity contribution in [1.82, 2.24) is 14.4 Å². The van der Waals surface area contributed by atoms with Crippen LogP contribution in [0.5, 0.6) is 0 Å². The zero-order valence-corrected chi connectivity index (χ0v) is 13.4. The molecule has 0 radical (unpaired) electrons. The second-order valence-corrected chi connectivity index (χ2v) is 7.24. The average molecular weight is 352 g/mol. The molecule has 3 rings (SSSR count). The quantitative estimate of drug-likeness (QED) is 0.870. The summed E-state index contributed by atoms with van der Waals surface area (Å²) in [6, 6.07) is 4.06. The minimum absolute atomic E-state index is 0.0440. The number of aromatic nitrogens is 2. The van der Waals surface area contributed by atoms with Crippen molar-refractivity contribution < 1.29 is 22.4 Å². The van der Waals surface area contributed by atoms with E-state index in [2.05, 4.69) is 10.1 Å². The first-order valence-electron chi connectivity index (χ1n) is 7.03. The summed E-state index contributed by atoms with van der Waals surface area (Å²) in [5.74, 6) is -0.557. The molecule has 0 amide bonds. The predicted molar refractivity (Wildman–Crippen MR) is 77.4 cm³/mol. The highest BCUT2D eigenvalue weighted by Crippen LogP contribution is 2.37. The van der Waals surface area contributed by atoms with Crippen LogP contribution in [0.1, 0.15) is 29.7 Å². The molecule has 24 heavy (non-hydrogen) atoms. The molecule has 2 aromatic rings. The van der Waals surface area contributed by atoms with Crippen LogP contribution in [-0.2, 0) is 10.0 Å². The lowest BCUT2D eigenvalue weighted by atomic mass is 10.2. The van der Waals surface area contributed by atoms with E-state index in [1.54, 1.807) is 13.0 Å². The van der Waals surface area contributed by atoms with Gasteiger partial charge < -0.3 is 9.63 Å². The van der Waals surface area contributed by atoms with E-state index < -0.39 is 38.4 Å². The van der Waals surface area contributed by atoms with Gasteiger partial charge >= 0.3 is 0 Å². The topological polar surface area (TPSA) is 120 Å². The number of rotatable bonds is 3. The second kappa shape index (κ2) is 5.94. The summed E-state index contributed by atoms with van der Waals surface area (Å²) in [5, 5.41) is 22.6. The molecule has 1 aromatic carbocycles. The van der Waals surface area contributed by atoms with Crippen LogP contribution < -0.4 is 0 Å². The monoisotopic (exact) mass is 352 g/mol. The number of halogens is 1. The number of sulfonamides is 1. The molecule has 1 N–H and O–H groups in total. The molecule has 0 spiro atoms. The summed E-state index contributed by atoms with van der Waals surface area (Å²) in [7, 11) is -4.24. The first kappa shape index (κ1) is 16.5. The lowest BCUT2D eigenvalue weighted by Crippen LogP contribution is -2.32. The molecular formula is C14H13FN4O4S. The Hall–Kier alpha value is -2.35. The number of aryl methyl sites for hydroxylation is 1. The van der Waals surface area contributed by atoms with Crippen LogP contribution in [0.25, 0.3) is 0 Å². The van der Waals surface area contributed by atoms with Gasteiger partial charge in [0, 0.05) is 13.0 Å². The van der Waals surface area contributed by atoms with Crippen LogP contribution >= 0.6 is 0 Å². The fourth-order valence-electron chi connectivity index (χ4n) is 2.68. The van der Waals surface area contributed by atoms with E-state index >= 15 is 0 Å². The summed E-state index contributed by atoms with van der Waals surface area (Å²) < 4.78 is 45.6. The fraction of sp³-hybridized carbons (Fsp3) is 0.357. The third-order valence-electron chi connectivity index (χ3n) is 3.74. The van der Waals surface area contributed by atoms with Gasteiger partial charge in [0.25, 0.3) is 0 Å². The van der Waals surface area contributed by atoms with Gasteiger partial charge in [0.15, 0.2) is 5.82 Å². The van der Waals surface area contributed by atoms with Crippen LogP contribution in [0.15, 0.2) is 27.6 Å². The van der Waals surface area contributed by atoms with E-state index in [-0.39, 0.29) is 18.9 Å². The summed E-state index contributed by atoms with van der Waals surface area (Å²) in [4.78, 5) is 3.55. The number of aliphatic hydroxyl groups excluding tert-OH is 1. The van der Waals surface area contributed by atoms with Crippen molar-refractivity contribution in [3.63, 3.8) is 0 Å². The first-order chi connectivity index (χ1) is 11.3. The number of nitriles is 1. The van der Waals surface area contributed by atoms with Crippen molar-refractivity contribution in [1.29, 1.82) is 5.26 Å². The van der Waals surface area contributed by atoms with E-state index in [0.717, 1.165) is 16.4 Å². The molecule has 1 saturated heterocycles. The SMILES string of the molecule is Cc1noc([C@H]2C[C@H](O)CN2S(=O)(=O)c2cccc(F)c2C#N)n1. The molecule has 10 heteroatoms. The van der Waals surface area contributed by atoms with Gasteiger partial charge in [0.1, 0.15) is 28.4 Å². The number of hydrogen-bond donors (Lipinski definition) is 1. The Morgan fingerprint density at radius 3 is 2.88 bits per heavy atom. The van der Waals surface area contributed by atoms with E-state index in [4.69, 9.17) is 9.78 Å². The summed E-state index contributed by atoms with van der Waals surface area (Å²) in [6.45, 7) is 1.37. The maximum atomic E-state index is 13.8. The Labute approximate surface area is 137 Å². The third kappa shape index (κ3) is 2.66. The Kier molecular flexibility index (Phi) is 4.08. The molecule has 1 fully saturated rings. The number of β-amino-alcohol motifs (C(OH)–C–C–N with tert-alkyl or cyclic N) is 1. The summed E-state index contributed by atoms with van der Waals surface area (Å²) >= 11 is 0. The molecule has 0 saturated carbocycles. The maximum absolute atomic E-state index is 13.8. The molecule has 0 bridgehead atoms. The van der Waals surface area contributed by atoms with Crippen LogP contribution in [0.3, 0.4) is 0 Å². The van der Waals surface area contributed by atoms with Crippen molar-refractivity contribution in [2.75, 3.05) is 6.54 Å². The van der Waals surface area contributed by atoms with E-state index in [9.17, 15) is 17.9 Å². The largest absolute Gasteiger partial charge is 0.392 e. The summed E-state index contributed by atoms with van der Waals surface area (Å²) in [5.41, 5.74) is -0.570. The van der Waals surface area contributed by atoms with Crippen molar-refractivity contribution in [2.24, 2.45) is 0 Å². The lowest BCUT2D eigenvalue weighted by Gasteiger charge is -2.21. The smallest absolute Gasteiger partial charge is 0.245 e. The maximum Gasteiger partial charge on any atom is 0.245 e. The van der Waals surface area contributed by atoms with Crippen molar-refractivity contribution in [3.8, 4) is 6.07 Å². The van der Waals surface area contributed by atoms with Gasteiger partial charge in [-0.2, -0.15) is 14.6 Å². The van der Waals surface area contributed by atoms with Gasteiger partial charge in [0.2, 0.25) is 15.9 Å². The van der Waals surface area contributed by atoms with Gasteiger partial charge in [-0.3, -0.25) is 0 Å². The van der Waals surface area contributed by atoms with Crippen molar-refractivity contribution >= 4 is 10.0 Å². The molecule has 1 aliphatic rings. The zero-order chi connectivity index (χ0) is 17.5. The highest BCUT2D eigenvalue weighted by molar-refractivity contribution is 7.89. The Morgan fingerprint density at radius 1 is 1.50 bits per heavy atom. The molecule has 1 aliphatic heterocycles. The molecule has 0 aliphatic carbocycles. The van der Waals surface area contributed by atoms with E-state index in [1.807, 2.05) is 0 Å². The number of benzene rings is 1. The predicted octanol–water partition coefficient (Wildman–Crippen LogP) is 0.885. The van der Waals surface area contributed by atoms with Gasteiger partial charge in [-0.15, -0.1) is 0 Å². The number of aliphatic hydroxyl groups is 1. The van der Waals surface area contributed by atoms with Crippen LogP contribution in [-0.4, -0.2) is 40.6 Å². The van der Waals surface area contributed by atoms with Crippen LogP contribution in [0, 0.1) is 24.1 Å². The van der Waals surface area contributed by atoms with Crippen molar-refractivity contribution in [2.45, 2.75) is 30.4 Å². The zero-order valence-electron chi connectivity index (χ0n) is 12.5. The standard InChI is InChI=1S/C14H13FN4O4S/c1-8-17-14(23-18-8)12-5-9(20)7-19(12)24(21,22)13-4-2-3-11(15)10(13)6-16/h2-4,9,12,20H,5,7H2,1H3/t9-,12+/m0/s1. The number of hydrogen-bond acceptors (Lipinski definition) is 7.